The lowest BCUT2D eigenvalue weighted by Gasteiger charge is -2.08. The predicted molar refractivity (Wildman–Crippen MR) is 112 cm³/mol. The molecule has 0 unspecified atom stereocenters. The molecule has 0 aliphatic rings. The van der Waals surface area contributed by atoms with Crippen LogP contribution in [0.15, 0.2) is 24.3 Å². The van der Waals surface area contributed by atoms with Gasteiger partial charge in [0.1, 0.15) is 6.61 Å². The molecule has 0 aliphatic carbocycles. The fourth-order valence-electron chi connectivity index (χ4n) is 1.90. The number of ether oxygens (including phenoxy) is 5. The monoisotopic (exact) mass is 451 g/mol. The number of rotatable bonds is 17. The number of esters is 1. The van der Waals surface area contributed by atoms with Crippen LogP contribution in [-0.4, -0.2) is 85.9 Å². The second kappa shape index (κ2) is 15.5. The summed E-state index contributed by atoms with van der Waals surface area (Å²) in [5.74, 6) is -0.0113. The van der Waals surface area contributed by atoms with Gasteiger partial charge in [0.2, 0.25) is 0 Å². The van der Waals surface area contributed by atoms with E-state index in [2.05, 4.69) is 0 Å². The number of carbonyl (C=O) groups excluding carboxylic acids is 1. The van der Waals surface area contributed by atoms with Crippen LogP contribution in [0.4, 0.5) is 5.69 Å². The van der Waals surface area contributed by atoms with Crippen LogP contribution in [0.3, 0.4) is 0 Å². The topological polar surface area (TPSA) is 123 Å². The molecule has 1 rings (SSSR count). The van der Waals surface area contributed by atoms with Gasteiger partial charge in [-0.15, -0.1) is 0 Å². The summed E-state index contributed by atoms with van der Waals surface area (Å²) in [6.07, 6.45) is 1.17. The van der Waals surface area contributed by atoms with Gasteiger partial charge in [0.05, 0.1) is 58.4 Å². The molecule has 0 atom stereocenters. The Labute approximate surface area is 175 Å². The highest BCUT2D eigenvalue weighted by atomic mass is 33.1. The van der Waals surface area contributed by atoms with Crippen molar-refractivity contribution >= 4 is 31.3 Å². The normalized spacial score (nSPS) is 11.5. The maximum Gasteiger partial charge on any atom is 0.338 e. The van der Waals surface area contributed by atoms with E-state index in [1.807, 2.05) is 0 Å². The molecule has 0 fully saturated rings. The summed E-state index contributed by atoms with van der Waals surface area (Å²) in [6.45, 7) is 3.30. The SMILES string of the molecule is CS(=O)(=O)SCCOCCOCCOCCOCCOC(=O)c1ccc(N)cc1. The Hall–Kier alpha value is -1.37. The predicted octanol–water partition coefficient (Wildman–Crippen LogP) is 1.18. The first kappa shape index (κ1) is 25.7. The molecule has 1 aromatic carbocycles. The lowest BCUT2D eigenvalue weighted by molar-refractivity contribution is -0.00790. The second-order valence-electron chi connectivity index (χ2n) is 5.73. The highest BCUT2D eigenvalue weighted by molar-refractivity contribution is 8.71. The molecule has 0 bridgehead atoms. The number of anilines is 1. The minimum Gasteiger partial charge on any atom is -0.460 e. The van der Waals surface area contributed by atoms with Crippen molar-refractivity contribution in [3.05, 3.63) is 29.8 Å². The zero-order valence-corrected chi connectivity index (χ0v) is 18.2. The van der Waals surface area contributed by atoms with Gasteiger partial charge in [0.15, 0.2) is 8.87 Å². The van der Waals surface area contributed by atoms with Gasteiger partial charge in [-0.1, -0.05) is 0 Å². The molecular formula is C18H29NO8S2. The van der Waals surface area contributed by atoms with E-state index in [1.54, 1.807) is 24.3 Å². The zero-order valence-electron chi connectivity index (χ0n) is 16.5. The molecule has 29 heavy (non-hydrogen) atoms. The van der Waals surface area contributed by atoms with Crippen LogP contribution in [0.5, 0.6) is 0 Å². The number of hydrogen-bond acceptors (Lipinski definition) is 10. The smallest absolute Gasteiger partial charge is 0.338 e. The Morgan fingerprint density at radius 1 is 0.828 bits per heavy atom. The molecule has 0 heterocycles. The molecule has 1 aromatic rings. The molecule has 0 radical (unpaired) electrons. The highest BCUT2D eigenvalue weighted by Gasteiger charge is 2.06. The molecule has 0 amide bonds. The average Bonchev–Trinajstić information content (AvgIpc) is 2.67. The van der Waals surface area contributed by atoms with Crippen LogP contribution in [0.25, 0.3) is 0 Å². The lowest BCUT2D eigenvalue weighted by Crippen LogP contribution is -2.14. The van der Waals surface area contributed by atoms with Gasteiger partial charge in [-0.25, -0.2) is 13.2 Å². The third kappa shape index (κ3) is 15.2. The summed E-state index contributed by atoms with van der Waals surface area (Å²) in [5, 5.41) is 0. The van der Waals surface area contributed by atoms with E-state index >= 15 is 0 Å². The minimum atomic E-state index is -3.01. The van der Waals surface area contributed by atoms with Gasteiger partial charge in [-0.05, 0) is 35.1 Å². The highest BCUT2D eigenvalue weighted by Crippen LogP contribution is 2.08. The Kier molecular flexibility index (Phi) is 13.7. The average molecular weight is 452 g/mol. The molecule has 11 heteroatoms. The summed E-state index contributed by atoms with van der Waals surface area (Å²) >= 11 is 0. The molecule has 0 aromatic heterocycles. The maximum atomic E-state index is 11.7. The van der Waals surface area contributed by atoms with Crippen LogP contribution < -0.4 is 5.73 Å². The Balaban J connectivity index is 1.81. The molecule has 0 saturated carbocycles. The van der Waals surface area contributed by atoms with Crippen LogP contribution >= 0.6 is 10.8 Å². The van der Waals surface area contributed by atoms with E-state index in [-0.39, 0.29) is 13.2 Å². The third-order valence-electron chi connectivity index (χ3n) is 3.25. The van der Waals surface area contributed by atoms with Gasteiger partial charge in [-0.3, -0.25) is 0 Å². The van der Waals surface area contributed by atoms with Crippen LogP contribution in [0.2, 0.25) is 0 Å². The second-order valence-corrected chi connectivity index (χ2v) is 10.3. The van der Waals surface area contributed by atoms with Gasteiger partial charge >= 0.3 is 5.97 Å². The maximum absolute atomic E-state index is 11.7. The summed E-state index contributed by atoms with van der Waals surface area (Å²) in [6, 6.07) is 6.50. The van der Waals surface area contributed by atoms with E-state index in [9.17, 15) is 13.2 Å². The summed E-state index contributed by atoms with van der Waals surface area (Å²) in [7, 11) is -2.14. The molecule has 166 valence electrons. The summed E-state index contributed by atoms with van der Waals surface area (Å²) in [4.78, 5) is 11.7. The number of hydrogen-bond donors (Lipinski definition) is 1. The Morgan fingerprint density at radius 2 is 1.28 bits per heavy atom. The van der Waals surface area contributed by atoms with Crippen molar-refractivity contribution in [1.29, 1.82) is 0 Å². The van der Waals surface area contributed by atoms with Crippen molar-refractivity contribution in [3.8, 4) is 0 Å². The Bertz CT molecular complexity index is 667. The van der Waals surface area contributed by atoms with Gasteiger partial charge < -0.3 is 29.4 Å². The first-order chi connectivity index (χ1) is 13.9. The molecule has 2 N–H and O–H groups in total. The van der Waals surface area contributed by atoms with Gasteiger partial charge in [-0.2, -0.15) is 0 Å². The molecular weight excluding hydrogens is 422 g/mol. The van der Waals surface area contributed by atoms with E-state index in [0.29, 0.717) is 63.3 Å². The van der Waals surface area contributed by atoms with Crippen molar-refractivity contribution in [2.24, 2.45) is 0 Å². The number of benzene rings is 1. The van der Waals surface area contributed by atoms with Gasteiger partial charge in [0, 0.05) is 17.7 Å². The van der Waals surface area contributed by atoms with Crippen molar-refractivity contribution in [2.75, 3.05) is 77.2 Å². The van der Waals surface area contributed by atoms with Crippen LogP contribution in [0, 0.1) is 0 Å². The molecule has 0 aliphatic heterocycles. The quantitative estimate of drug-likeness (QED) is 0.160. The molecule has 0 spiro atoms. The van der Waals surface area contributed by atoms with Crippen LogP contribution in [0.1, 0.15) is 10.4 Å². The largest absolute Gasteiger partial charge is 0.460 e. The number of nitrogen functional groups attached to an aromatic ring is 1. The van der Waals surface area contributed by atoms with Crippen molar-refractivity contribution in [2.45, 2.75) is 0 Å². The van der Waals surface area contributed by atoms with Crippen molar-refractivity contribution < 1.29 is 36.9 Å². The Morgan fingerprint density at radius 3 is 1.76 bits per heavy atom. The van der Waals surface area contributed by atoms with Crippen LogP contribution in [-0.2, 0) is 32.6 Å². The number of carbonyl (C=O) groups is 1. The lowest BCUT2D eigenvalue weighted by atomic mass is 10.2. The summed E-state index contributed by atoms with van der Waals surface area (Å²) in [5.41, 5.74) is 6.59. The summed E-state index contributed by atoms with van der Waals surface area (Å²) < 4.78 is 48.1. The standard InChI is InChI=1S/C18H29NO8S2/c1-29(21,22)28-15-14-26-11-10-24-7-6-23-8-9-25-12-13-27-18(20)16-2-4-17(19)5-3-16/h2-5H,6-15,19H2,1H3. The first-order valence-corrected chi connectivity index (χ1v) is 12.5. The van der Waals surface area contributed by atoms with E-state index in [1.165, 1.54) is 6.26 Å². The number of nitrogens with two attached hydrogens (primary N) is 1. The van der Waals surface area contributed by atoms with Crippen molar-refractivity contribution in [3.63, 3.8) is 0 Å². The molecule has 0 saturated heterocycles. The van der Waals surface area contributed by atoms with E-state index < -0.39 is 14.8 Å². The third-order valence-corrected chi connectivity index (χ3v) is 5.79. The fourth-order valence-corrected chi connectivity index (χ4v) is 3.50. The minimum absolute atomic E-state index is 0.162. The van der Waals surface area contributed by atoms with Crippen molar-refractivity contribution in [1.82, 2.24) is 0 Å². The van der Waals surface area contributed by atoms with E-state index in [4.69, 9.17) is 29.4 Å². The first-order valence-electron chi connectivity index (χ1n) is 9.06. The van der Waals surface area contributed by atoms with E-state index in [0.717, 1.165) is 10.8 Å². The molecule has 9 nitrogen and oxygen atoms in total. The van der Waals surface area contributed by atoms with Gasteiger partial charge in [0.25, 0.3) is 0 Å². The zero-order chi connectivity index (χ0) is 21.4. The fraction of sp³-hybridized carbons (Fsp3) is 0.611.